The van der Waals surface area contributed by atoms with Crippen molar-refractivity contribution in [2.45, 2.75) is 104 Å². The Bertz CT molecular complexity index is 604. The Labute approximate surface area is 188 Å². The molecule has 2 saturated carbocycles. The number of allylic oxidation sites excluding steroid dienone is 1. The number of thiophene rings is 1. The summed E-state index contributed by atoms with van der Waals surface area (Å²) in [6.07, 6.45) is 18.0. The normalized spacial score (nSPS) is 18.6. The number of rotatable bonds is 8. The van der Waals surface area contributed by atoms with Crippen LogP contribution in [0, 0.1) is 11.3 Å². The van der Waals surface area contributed by atoms with E-state index in [1.807, 2.05) is 26.0 Å². The zero-order valence-electron chi connectivity index (χ0n) is 19.9. The highest BCUT2D eigenvalue weighted by atomic mass is 32.1. The third-order valence-electron chi connectivity index (χ3n) is 6.47. The molecular weight excluding hydrogens is 392 g/mol. The van der Waals surface area contributed by atoms with Gasteiger partial charge in [0.15, 0.2) is 0 Å². The lowest BCUT2D eigenvalue weighted by Gasteiger charge is -2.45. The first-order chi connectivity index (χ1) is 14.5. The van der Waals surface area contributed by atoms with Crippen LogP contribution in [0.2, 0.25) is 0 Å². The van der Waals surface area contributed by atoms with Crippen LogP contribution in [0.15, 0.2) is 24.3 Å². The van der Waals surface area contributed by atoms with Gasteiger partial charge in [-0.05, 0) is 68.4 Å². The maximum absolute atomic E-state index is 11.0. The second-order valence-electron chi connectivity index (χ2n) is 8.30. The Morgan fingerprint density at radius 3 is 2.40 bits per heavy atom. The van der Waals surface area contributed by atoms with Crippen LogP contribution >= 0.6 is 11.3 Å². The molecule has 0 saturated heterocycles. The summed E-state index contributed by atoms with van der Waals surface area (Å²) in [6.45, 7) is 8.35. The molecule has 1 unspecified atom stereocenters. The van der Waals surface area contributed by atoms with Gasteiger partial charge in [-0.2, -0.15) is 0 Å². The van der Waals surface area contributed by atoms with Gasteiger partial charge in [0.1, 0.15) is 4.88 Å². The summed E-state index contributed by atoms with van der Waals surface area (Å²) in [5.41, 5.74) is 0.278. The maximum atomic E-state index is 11.0. The number of aliphatic hydroxyl groups is 1. The van der Waals surface area contributed by atoms with Crippen LogP contribution in [0.4, 0.5) is 0 Å². The number of aliphatic hydroxyl groups excluding tert-OH is 1. The van der Waals surface area contributed by atoms with Gasteiger partial charge in [0, 0.05) is 4.88 Å². The Kier molecular flexibility index (Phi) is 13.3. The summed E-state index contributed by atoms with van der Waals surface area (Å²) in [7, 11) is 1.40. The fourth-order valence-electron chi connectivity index (χ4n) is 4.32. The Hall–Kier alpha value is -1.13. The van der Waals surface area contributed by atoms with E-state index in [2.05, 4.69) is 30.7 Å². The van der Waals surface area contributed by atoms with Crippen molar-refractivity contribution in [3.05, 3.63) is 34.0 Å². The van der Waals surface area contributed by atoms with Crippen molar-refractivity contribution in [2.24, 2.45) is 11.3 Å². The summed E-state index contributed by atoms with van der Waals surface area (Å²) in [5.74, 6) is 0.577. The van der Waals surface area contributed by atoms with Gasteiger partial charge in [0.25, 0.3) is 0 Å². The molecule has 0 radical (unpaired) electrons. The standard InChI is InChI=1S/C15H26O.C9H12O2S.C2H6/c1-2-15(11-6-12-15)14(16)10-5-9-13-7-3-4-8-13;1-3-4-7-5-6-8(12-7)9(10)11-2;1-2/h5,9,13-14,16H,2-4,6-8,10-12H2,1H3;5-6H,3-4H2,1-2H3;1-2H3/b9-5+;;. The van der Waals surface area contributed by atoms with E-state index in [9.17, 15) is 9.90 Å². The first-order valence-electron chi connectivity index (χ1n) is 12.1. The lowest BCUT2D eigenvalue weighted by atomic mass is 9.63. The summed E-state index contributed by atoms with van der Waals surface area (Å²) in [4.78, 5) is 13.0. The molecule has 30 heavy (non-hydrogen) atoms. The van der Waals surface area contributed by atoms with Gasteiger partial charge in [-0.15, -0.1) is 11.3 Å². The maximum Gasteiger partial charge on any atom is 0.348 e. The predicted octanol–water partition coefficient (Wildman–Crippen LogP) is 7.58. The molecule has 2 aliphatic rings. The first-order valence-corrected chi connectivity index (χ1v) is 12.9. The molecule has 0 amide bonds. The van der Waals surface area contributed by atoms with E-state index in [-0.39, 0.29) is 17.5 Å². The summed E-state index contributed by atoms with van der Waals surface area (Å²) >= 11 is 1.52. The second-order valence-corrected chi connectivity index (χ2v) is 9.47. The van der Waals surface area contributed by atoms with Crippen molar-refractivity contribution in [1.29, 1.82) is 0 Å². The van der Waals surface area contributed by atoms with E-state index in [1.54, 1.807) is 0 Å². The first kappa shape index (κ1) is 26.9. The van der Waals surface area contributed by atoms with Crippen molar-refractivity contribution >= 4 is 17.3 Å². The molecule has 3 rings (SSSR count). The average molecular weight is 437 g/mol. The molecule has 1 aromatic rings. The van der Waals surface area contributed by atoms with E-state index >= 15 is 0 Å². The zero-order valence-corrected chi connectivity index (χ0v) is 20.7. The van der Waals surface area contributed by atoms with Crippen molar-refractivity contribution in [1.82, 2.24) is 0 Å². The molecule has 1 heterocycles. The Morgan fingerprint density at radius 1 is 1.23 bits per heavy atom. The van der Waals surface area contributed by atoms with Crippen LogP contribution in [0.1, 0.15) is 106 Å². The van der Waals surface area contributed by atoms with Crippen LogP contribution in [0.5, 0.6) is 0 Å². The highest BCUT2D eigenvalue weighted by Crippen LogP contribution is 2.47. The number of ether oxygens (including phenoxy) is 1. The van der Waals surface area contributed by atoms with Gasteiger partial charge in [-0.3, -0.25) is 0 Å². The monoisotopic (exact) mass is 436 g/mol. The van der Waals surface area contributed by atoms with Crippen molar-refractivity contribution in [2.75, 3.05) is 7.11 Å². The number of carbonyl (C=O) groups is 1. The van der Waals surface area contributed by atoms with Crippen molar-refractivity contribution in [3.63, 3.8) is 0 Å². The predicted molar refractivity (Wildman–Crippen MR) is 129 cm³/mol. The molecule has 3 nitrogen and oxygen atoms in total. The SMILES string of the molecule is CC.CCC1(C(O)C/C=C/C2CCCC2)CCC1.CCCc1ccc(C(=O)OC)s1. The quantitative estimate of drug-likeness (QED) is 0.337. The van der Waals surface area contributed by atoms with Gasteiger partial charge in [-0.25, -0.2) is 4.79 Å². The van der Waals surface area contributed by atoms with E-state index in [0.29, 0.717) is 4.88 Å². The smallest absolute Gasteiger partial charge is 0.348 e. The second kappa shape index (κ2) is 14.8. The minimum absolute atomic E-state index is 0.0936. The molecule has 0 bridgehead atoms. The number of hydrogen-bond donors (Lipinski definition) is 1. The number of aryl methyl sites for hydroxylation is 1. The van der Waals surface area contributed by atoms with E-state index in [0.717, 1.165) is 31.6 Å². The molecule has 4 heteroatoms. The highest BCUT2D eigenvalue weighted by molar-refractivity contribution is 7.13. The van der Waals surface area contributed by atoms with Crippen LogP contribution in [-0.4, -0.2) is 24.3 Å². The van der Waals surface area contributed by atoms with Crippen molar-refractivity contribution < 1.29 is 14.6 Å². The van der Waals surface area contributed by atoms with Crippen LogP contribution < -0.4 is 0 Å². The number of esters is 1. The van der Waals surface area contributed by atoms with E-state index in [1.165, 1.54) is 68.3 Å². The molecule has 0 aromatic carbocycles. The van der Waals surface area contributed by atoms with E-state index in [4.69, 9.17) is 0 Å². The summed E-state index contributed by atoms with van der Waals surface area (Å²) < 4.78 is 4.60. The number of methoxy groups -OCH3 is 1. The summed E-state index contributed by atoms with van der Waals surface area (Å²) in [6, 6.07) is 3.81. The largest absolute Gasteiger partial charge is 0.465 e. The molecule has 0 spiro atoms. The Morgan fingerprint density at radius 2 is 1.90 bits per heavy atom. The third-order valence-corrected chi connectivity index (χ3v) is 7.60. The molecule has 2 fully saturated rings. The van der Waals surface area contributed by atoms with Gasteiger partial charge >= 0.3 is 5.97 Å². The molecule has 1 atom stereocenters. The molecule has 0 aliphatic heterocycles. The van der Waals surface area contributed by atoms with Gasteiger partial charge in [-0.1, -0.05) is 65.5 Å². The Balaban J connectivity index is 0.000000287. The molecule has 1 aromatic heterocycles. The number of hydrogen-bond acceptors (Lipinski definition) is 4. The van der Waals surface area contributed by atoms with Gasteiger partial charge in [0.2, 0.25) is 0 Å². The lowest BCUT2D eigenvalue weighted by Crippen LogP contribution is -2.40. The topological polar surface area (TPSA) is 46.5 Å². The van der Waals surface area contributed by atoms with Crippen molar-refractivity contribution in [3.8, 4) is 0 Å². The van der Waals surface area contributed by atoms with Gasteiger partial charge in [0.05, 0.1) is 13.2 Å². The third kappa shape index (κ3) is 8.19. The zero-order chi connectivity index (χ0) is 22.4. The molecular formula is C26H44O3S. The molecule has 1 N–H and O–H groups in total. The number of carbonyl (C=O) groups excluding carboxylic acids is 1. The lowest BCUT2D eigenvalue weighted by molar-refractivity contribution is -0.0355. The molecule has 2 aliphatic carbocycles. The fourth-order valence-corrected chi connectivity index (χ4v) is 5.35. The fraction of sp³-hybridized carbons (Fsp3) is 0.731. The minimum Gasteiger partial charge on any atom is -0.465 e. The van der Waals surface area contributed by atoms with Crippen LogP contribution in [0.25, 0.3) is 0 Å². The van der Waals surface area contributed by atoms with Crippen LogP contribution in [0.3, 0.4) is 0 Å². The summed E-state index contributed by atoms with van der Waals surface area (Å²) in [5, 5.41) is 10.2. The highest BCUT2D eigenvalue weighted by Gasteiger charge is 2.40. The average Bonchev–Trinajstić information content (AvgIpc) is 3.42. The van der Waals surface area contributed by atoms with Gasteiger partial charge < -0.3 is 9.84 Å². The minimum atomic E-state index is -0.234. The molecule has 172 valence electrons. The van der Waals surface area contributed by atoms with E-state index < -0.39 is 0 Å². The van der Waals surface area contributed by atoms with Crippen LogP contribution in [-0.2, 0) is 11.2 Å².